The monoisotopic (exact) mass is 296 g/mol. The summed E-state index contributed by atoms with van der Waals surface area (Å²) in [7, 11) is 0. The summed E-state index contributed by atoms with van der Waals surface area (Å²) >= 11 is 0. The SMILES string of the molecule is CCN(CC)CCCC(C)NC(C)c1ccc(O)cc1F. The Bertz CT molecular complexity index is 421. The fraction of sp³-hybridized carbons (Fsp3) is 0.647. The Morgan fingerprint density at radius 1 is 1.24 bits per heavy atom. The van der Waals surface area contributed by atoms with Gasteiger partial charge in [-0.2, -0.15) is 0 Å². The number of phenols is 1. The molecule has 21 heavy (non-hydrogen) atoms. The second-order valence-electron chi connectivity index (χ2n) is 5.66. The molecule has 120 valence electrons. The van der Waals surface area contributed by atoms with Crippen LogP contribution in [0.15, 0.2) is 18.2 Å². The molecular weight excluding hydrogens is 267 g/mol. The zero-order chi connectivity index (χ0) is 15.8. The predicted octanol–water partition coefficient (Wildman–Crippen LogP) is 3.69. The van der Waals surface area contributed by atoms with E-state index in [1.54, 1.807) is 6.07 Å². The molecule has 4 heteroatoms. The number of nitrogens with one attached hydrogen (secondary N) is 1. The van der Waals surface area contributed by atoms with Gasteiger partial charge in [0.05, 0.1) is 0 Å². The highest BCUT2D eigenvalue weighted by atomic mass is 19.1. The maximum atomic E-state index is 13.8. The van der Waals surface area contributed by atoms with Gasteiger partial charge in [0.25, 0.3) is 0 Å². The third kappa shape index (κ3) is 6.02. The normalized spacial score (nSPS) is 14.4. The molecule has 1 rings (SSSR count). The van der Waals surface area contributed by atoms with E-state index in [0.29, 0.717) is 11.6 Å². The Kier molecular flexibility index (Phi) is 7.68. The highest BCUT2D eigenvalue weighted by molar-refractivity contribution is 5.29. The highest BCUT2D eigenvalue weighted by Gasteiger charge is 2.14. The van der Waals surface area contributed by atoms with E-state index in [2.05, 4.69) is 31.0 Å². The number of nitrogens with zero attached hydrogens (tertiary/aromatic N) is 1. The lowest BCUT2D eigenvalue weighted by Gasteiger charge is -2.23. The van der Waals surface area contributed by atoms with Gasteiger partial charge in [0, 0.05) is 23.7 Å². The average Bonchev–Trinajstić information content (AvgIpc) is 2.43. The van der Waals surface area contributed by atoms with E-state index >= 15 is 0 Å². The van der Waals surface area contributed by atoms with Crippen molar-refractivity contribution in [1.82, 2.24) is 10.2 Å². The summed E-state index contributed by atoms with van der Waals surface area (Å²) in [6, 6.07) is 4.61. The Morgan fingerprint density at radius 3 is 2.48 bits per heavy atom. The topological polar surface area (TPSA) is 35.5 Å². The molecule has 0 aliphatic carbocycles. The third-order valence-electron chi connectivity index (χ3n) is 3.99. The second-order valence-corrected chi connectivity index (χ2v) is 5.66. The summed E-state index contributed by atoms with van der Waals surface area (Å²) in [5.41, 5.74) is 0.600. The van der Waals surface area contributed by atoms with Crippen LogP contribution >= 0.6 is 0 Å². The van der Waals surface area contributed by atoms with Crippen LogP contribution in [-0.2, 0) is 0 Å². The lowest BCUT2D eigenvalue weighted by molar-refractivity contribution is 0.288. The minimum Gasteiger partial charge on any atom is -0.508 e. The number of aromatic hydroxyl groups is 1. The molecule has 0 bridgehead atoms. The van der Waals surface area contributed by atoms with Crippen LogP contribution in [0.5, 0.6) is 5.75 Å². The van der Waals surface area contributed by atoms with Crippen molar-refractivity contribution in [2.24, 2.45) is 0 Å². The van der Waals surface area contributed by atoms with Crippen LogP contribution in [0.25, 0.3) is 0 Å². The molecule has 2 N–H and O–H groups in total. The van der Waals surface area contributed by atoms with Crippen LogP contribution in [0.2, 0.25) is 0 Å². The molecule has 0 spiro atoms. The van der Waals surface area contributed by atoms with E-state index in [9.17, 15) is 9.50 Å². The van der Waals surface area contributed by atoms with Gasteiger partial charge in [-0.3, -0.25) is 0 Å². The molecular formula is C17H29FN2O. The first-order valence-electron chi connectivity index (χ1n) is 7.94. The van der Waals surface area contributed by atoms with E-state index in [1.807, 2.05) is 6.92 Å². The van der Waals surface area contributed by atoms with E-state index in [0.717, 1.165) is 32.5 Å². The molecule has 2 atom stereocenters. The third-order valence-corrected chi connectivity index (χ3v) is 3.99. The average molecular weight is 296 g/mol. The number of phenolic OH excluding ortho intramolecular Hbond substituents is 1. The smallest absolute Gasteiger partial charge is 0.131 e. The fourth-order valence-electron chi connectivity index (χ4n) is 2.63. The first-order chi connectivity index (χ1) is 9.97. The molecule has 0 fully saturated rings. The van der Waals surface area contributed by atoms with Crippen LogP contribution in [0.1, 0.15) is 52.1 Å². The first kappa shape index (κ1) is 17.9. The maximum absolute atomic E-state index is 13.8. The van der Waals surface area contributed by atoms with Gasteiger partial charge in [-0.15, -0.1) is 0 Å². The summed E-state index contributed by atoms with van der Waals surface area (Å²) in [5.74, 6) is -0.388. The lowest BCUT2D eigenvalue weighted by atomic mass is 10.1. The molecule has 3 nitrogen and oxygen atoms in total. The Hall–Kier alpha value is -1.13. The van der Waals surface area contributed by atoms with Crippen molar-refractivity contribution in [3.05, 3.63) is 29.6 Å². The Balaban J connectivity index is 2.41. The minimum atomic E-state index is -0.356. The summed E-state index contributed by atoms with van der Waals surface area (Å²) < 4.78 is 13.8. The minimum absolute atomic E-state index is 0.0317. The number of halogens is 1. The van der Waals surface area contributed by atoms with E-state index in [4.69, 9.17) is 0 Å². The van der Waals surface area contributed by atoms with E-state index < -0.39 is 0 Å². The van der Waals surface area contributed by atoms with Crippen LogP contribution in [-0.4, -0.2) is 35.7 Å². The first-order valence-corrected chi connectivity index (χ1v) is 7.94. The van der Waals surface area contributed by atoms with Crippen molar-refractivity contribution < 1.29 is 9.50 Å². The second kappa shape index (κ2) is 9.00. The quantitative estimate of drug-likeness (QED) is 0.729. The van der Waals surface area contributed by atoms with Gasteiger partial charge >= 0.3 is 0 Å². The zero-order valence-electron chi connectivity index (χ0n) is 13.7. The summed E-state index contributed by atoms with van der Waals surface area (Å²) in [5, 5.41) is 12.7. The maximum Gasteiger partial charge on any atom is 0.131 e. The van der Waals surface area contributed by atoms with Crippen LogP contribution in [0, 0.1) is 5.82 Å². The summed E-state index contributed by atoms with van der Waals surface area (Å²) in [4.78, 5) is 2.41. The molecule has 0 aliphatic rings. The van der Waals surface area contributed by atoms with Crippen LogP contribution in [0.4, 0.5) is 4.39 Å². The van der Waals surface area contributed by atoms with Crippen LogP contribution in [0.3, 0.4) is 0 Å². The molecule has 0 saturated carbocycles. The van der Waals surface area contributed by atoms with Gasteiger partial charge < -0.3 is 15.3 Å². The molecule has 0 aromatic heterocycles. The molecule has 0 heterocycles. The highest BCUT2D eigenvalue weighted by Crippen LogP contribution is 2.21. The molecule has 2 unspecified atom stereocenters. The van der Waals surface area contributed by atoms with Crippen molar-refractivity contribution in [1.29, 1.82) is 0 Å². The van der Waals surface area contributed by atoms with Crippen molar-refractivity contribution in [2.75, 3.05) is 19.6 Å². The van der Waals surface area contributed by atoms with Crippen molar-refractivity contribution >= 4 is 0 Å². The lowest BCUT2D eigenvalue weighted by Crippen LogP contribution is -2.31. The molecule has 0 aliphatic heterocycles. The number of hydrogen-bond donors (Lipinski definition) is 2. The number of benzene rings is 1. The van der Waals surface area contributed by atoms with Gasteiger partial charge in [-0.25, -0.2) is 4.39 Å². The number of hydrogen-bond acceptors (Lipinski definition) is 3. The molecule has 0 radical (unpaired) electrons. The predicted molar refractivity (Wildman–Crippen MR) is 86.1 cm³/mol. The fourth-order valence-corrected chi connectivity index (χ4v) is 2.63. The van der Waals surface area contributed by atoms with Crippen molar-refractivity contribution in [2.45, 2.75) is 52.6 Å². The molecule has 0 amide bonds. The Morgan fingerprint density at radius 2 is 1.90 bits per heavy atom. The zero-order valence-corrected chi connectivity index (χ0v) is 13.7. The van der Waals surface area contributed by atoms with Crippen LogP contribution < -0.4 is 5.32 Å². The van der Waals surface area contributed by atoms with E-state index in [-0.39, 0.29) is 17.6 Å². The van der Waals surface area contributed by atoms with Gasteiger partial charge in [-0.1, -0.05) is 19.9 Å². The van der Waals surface area contributed by atoms with Gasteiger partial charge in [0.15, 0.2) is 0 Å². The summed E-state index contributed by atoms with van der Waals surface area (Å²) in [6.07, 6.45) is 2.21. The molecule has 1 aromatic carbocycles. The Labute approximate surface area is 128 Å². The van der Waals surface area contributed by atoms with Crippen molar-refractivity contribution in [3.63, 3.8) is 0 Å². The largest absolute Gasteiger partial charge is 0.508 e. The van der Waals surface area contributed by atoms with Gasteiger partial charge in [0.1, 0.15) is 11.6 Å². The summed E-state index contributed by atoms with van der Waals surface area (Å²) in [6.45, 7) is 11.7. The van der Waals surface area contributed by atoms with Gasteiger partial charge in [0.2, 0.25) is 0 Å². The molecule has 1 aromatic rings. The van der Waals surface area contributed by atoms with E-state index in [1.165, 1.54) is 12.1 Å². The van der Waals surface area contributed by atoms with Crippen molar-refractivity contribution in [3.8, 4) is 5.75 Å². The standard InChI is InChI=1S/C17H29FN2O/c1-5-20(6-2)11-7-8-13(3)19-14(4)16-10-9-15(21)12-17(16)18/h9-10,12-14,19,21H,5-8,11H2,1-4H3. The number of rotatable bonds is 9. The van der Waals surface area contributed by atoms with Gasteiger partial charge in [-0.05, 0) is 52.4 Å². The molecule has 0 saturated heterocycles.